The summed E-state index contributed by atoms with van der Waals surface area (Å²) in [4.78, 5) is 7.79. The predicted octanol–water partition coefficient (Wildman–Crippen LogP) is 0.321. The highest BCUT2D eigenvalue weighted by Crippen LogP contribution is 2.16. The Kier molecular flexibility index (Phi) is 4.66. The third kappa shape index (κ3) is 5.05. The van der Waals surface area contributed by atoms with Gasteiger partial charge in [-0.05, 0) is 25.2 Å². The molecule has 1 unspecified atom stereocenters. The van der Waals surface area contributed by atoms with E-state index >= 15 is 0 Å². The zero-order valence-corrected chi connectivity index (χ0v) is 8.89. The maximum absolute atomic E-state index is 5.51. The van der Waals surface area contributed by atoms with Gasteiger partial charge in [0.1, 0.15) is 0 Å². The summed E-state index contributed by atoms with van der Waals surface area (Å²) in [6, 6.07) is 0. The van der Waals surface area contributed by atoms with Crippen LogP contribution in [-0.4, -0.2) is 18.5 Å². The first kappa shape index (κ1) is 11.6. The summed E-state index contributed by atoms with van der Waals surface area (Å²) in [6.07, 6.45) is 9.26. The Morgan fingerprint density at radius 1 is 1.27 bits per heavy atom. The Balaban J connectivity index is 2.43. The summed E-state index contributed by atoms with van der Waals surface area (Å²) >= 11 is 0. The highest BCUT2D eigenvalue weighted by Gasteiger charge is 2.06. The van der Waals surface area contributed by atoms with Crippen LogP contribution in [-0.2, 0) is 0 Å². The number of nitrogens with zero attached hydrogens (tertiary/aromatic N) is 2. The maximum atomic E-state index is 5.51. The molecule has 0 aromatic heterocycles. The molecular weight excluding hydrogens is 190 g/mol. The van der Waals surface area contributed by atoms with Gasteiger partial charge in [0.25, 0.3) is 0 Å². The Morgan fingerprint density at radius 2 is 2.07 bits per heavy atom. The average Bonchev–Trinajstić information content (AvgIpc) is 2.41. The van der Waals surface area contributed by atoms with Crippen LogP contribution >= 0.6 is 0 Å². The fourth-order valence-corrected chi connectivity index (χ4v) is 1.58. The van der Waals surface area contributed by atoms with E-state index in [1.54, 1.807) is 0 Å². The van der Waals surface area contributed by atoms with E-state index in [1.807, 2.05) is 0 Å². The van der Waals surface area contributed by atoms with Gasteiger partial charge in [-0.15, -0.1) is 0 Å². The molecule has 1 aliphatic rings. The first-order valence-corrected chi connectivity index (χ1v) is 5.24. The zero-order chi connectivity index (χ0) is 11.1. The summed E-state index contributed by atoms with van der Waals surface area (Å²) in [5.74, 6) is 0.584. The number of allylic oxidation sites excluding steroid dienone is 1. The minimum atomic E-state index is -0.0485. The Hall–Kier alpha value is -1.52. The molecule has 5 nitrogen and oxygen atoms in total. The van der Waals surface area contributed by atoms with Gasteiger partial charge in [0.2, 0.25) is 5.96 Å². The molecule has 0 aromatic rings. The number of guanidine groups is 2. The molecule has 0 fully saturated rings. The molecule has 0 heterocycles. The second-order valence-corrected chi connectivity index (χ2v) is 3.71. The standard InChI is InChI=1S/C10H19N5/c11-9(12)15-10(13)14-7-8-5-3-1-2-4-6-8/h3,5,8H,1-2,4,6-7H2,(H6,11,12,13,14,15). The molecule has 6 N–H and O–H groups in total. The van der Waals surface area contributed by atoms with Gasteiger partial charge in [-0.3, -0.25) is 4.99 Å². The molecule has 0 amide bonds. The minimum absolute atomic E-state index is 0.0485. The Morgan fingerprint density at radius 3 is 2.80 bits per heavy atom. The van der Waals surface area contributed by atoms with Crippen molar-refractivity contribution in [2.45, 2.75) is 25.7 Å². The van der Waals surface area contributed by atoms with Crippen LogP contribution in [0.15, 0.2) is 22.1 Å². The van der Waals surface area contributed by atoms with Crippen LogP contribution in [0.3, 0.4) is 0 Å². The third-order valence-electron chi connectivity index (χ3n) is 2.34. The second kappa shape index (κ2) is 6.06. The first-order chi connectivity index (χ1) is 7.18. The second-order valence-electron chi connectivity index (χ2n) is 3.71. The summed E-state index contributed by atoms with van der Waals surface area (Å²) in [7, 11) is 0. The number of aliphatic imine (C=N–C) groups is 2. The van der Waals surface area contributed by atoms with Crippen LogP contribution in [0, 0.1) is 5.92 Å². The summed E-state index contributed by atoms with van der Waals surface area (Å²) in [5.41, 5.74) is 15.9. The summed E-state index contributed by atoms with van der Waals surface area (Å²) in [6.45, 7) is 0.666. The lowest BCUT2D eigenvalue weighted by Crippen LogP contribution is -2.26. The van der Waals surface area contributed by atoms with E-state index in [0.29, 0.717) is 12.5 Å². The lowest BCUT2D eigenvalue weighted by molar-refractivity contribution is 0.572. The van der Waals surface area contributed by atoms with Crippen molar-refractivity contribution in [3.8, 4) is 0 Å². The molecule has 0 saturated heterocycles. The third-order valence-corrected chi connectivity index (χ3v) is 2.34. The molecular formula is C10H19N5. The zero-order valence-electron chi connectivity index (χ0n) is 8.89. The van der Waals surface area contributed by atoms with E-state index in [2.05, 4.69) is 22.1 Å². The number of nitrogens with two attached hydrogens (primary N) is 3. The van der Waals surface area contributed by atoms with E-state index in [-0.39, 0.29) is 11.9 Å². The molecule has 1 aliphatic carbocycles. The van der Waals surface area contributed by atoms with Gasteiger partial charge in [0, 0.05) is 6.54 Å². The van der Waals surface area contributed by atoms with E-state index in [9.17, 15) is 0 Å². The van der Waals surface area contributed by atoms with Crippen molar-refractivity contribution in [1.29, 1.82) is 0 Å². The van der Waals surface area contributed by atoms with Crippen LogP contribution in [0.1, 0.15) is 25.7 Å². The lowest BCUT2D eigenvalue weighted by atomic mass is 10.0. The topological polar surface area (TPSA) is 103 Å². The Bertz CT molecular complexity index is 276. The van der Waals surface area contributed by atoms with E-state index in [4.69, 9.17) is 17.2 Å². The number of hydrogen-bond acceptors (Lipinski definition) is 1. The van der Waals surface area contributed by atoms with Crippen molar-refractivity contribution in [1.82, 2.24) is 0 Å². The van der Waals surface area contributed by atoms with Gasteiger partial charge in [-0.25, -0.2) is 0 Å². The molecule has 1 rings (SSSR count). The quantitative estimate of drug-likeness (QED) is 0.346. The van der Waals surface area contributed by atoms with Gasteiger partial charge in [-0.1, -0.05) is 18.6 Å². The van der Waals surface area contributed by atoms with Crippen LogP contribution in [0.25, 0.3) is 0 Å². The molecule has 0 saturated carbocycles. The van der Waals surface area contributed by atoms with Crippen molar-refractivity contribution in [3.05, 3.63) is 12.2 Å². The maximum Gasteiger partial charge on any atom is 0.218 e. The number of rotatable bonds is 2. The molecule has 84 valence electrons. The molecule has 5 heteroatoms. The monoisotopic (exact) mass is 209 g/mol. The first-order valence-electron chi connectivity index (χ1n) is 5.24. The van der Waals surface area contributed by atoms with E-state index < -0.39 is 0 Å². The summed E-state index contributed by atoms with van der Waals surface area (Å²) < 4.78 is 0. The highest BCUT2D eigenvalue weighted by atomic mass is 15.1. The SMILES string of the molecule is NC(N)=NC(N)=NCC1C=CCCCC1. The van der Waals surface area contributed by atoms with Crippen LogP contribution in [0.5, 0.6) is 0 Å². The van der Waals surface area contributed by atoms with Gasteiger partial charge >= 0.3 is 0 Å². The molecule has 1 atom stereocenters. The summed E-state index contributed by atoms with van der Waals surface area (Å²) in [5, 5.41) is 0. The smallest absolute Gasteiger partial charge is 0.218 e. The Labute approximate surface area is 90.1 Å². The average molecular weight is 209 g/mol. The van der Waals surface area contributed by atoms with Crippen molar-refractivity contribution in [2.75, 3.05) is 6.54 Å². The minimum Gasteiger partial charge on any atom is -0.370 e. The van der Waals surface area contributed by atoms with Crippen molar-refractivity contribution < 1.29 is 0 Å². The fraction of sp³-hybridized carbons (Fsp3) is 0.600. The van der Waals surface area contributed by atoms with Crippen molar-refractivity contribution in [2.24, 2.45) is 33.1 Å². The lowest BCUT2D eigenvalue weighted by Gasteiger charge is -2.06. The van der Waals surface area contributed by atoms with Gasteiger partial charge in [-0.2, -0.15) is 4.99 Å². The molecule has 0 radical (unpaired) electrons. The molecule has 15 heavy (non-hydrogen) atoms. The van der Waals surface area contributed by atoms with Gasteiger partial charge in [0.15, 0.2) is 5.96 Å². The van der Waals surface area contributed by atoms with Gasteiger partial charge < -0.3 is 17.2 Å². The predicted molar refractivity (Wildman–Crippen MR) is 63.4 cm³/mol. The molecule has 0 aliphatic heterocycles. The van der Waals surface area contributed by atoms with Crippen LogP contribution < -0.4 is 17.2 Å². The van der Waals surface area contributed by atoms with Crippen LogP contribution in [0.4, 0.5) is 0 Å². The molecule has 0 bridgehead atoms. The largest absolute Gasteiger partial charge is 0.370 e. The highest BCUT2D eigenvalue weighted by molar-refractivity contribution is 5.92. The number of hydrogen-bond donors (Lipinski definition) is 3. The van der Waals surface area contributed by atoms with Crippen molar-refractivity contribution in [3.63, 3.8) is 0 Å². The normalized spacial score (nSPS) is 22.1. The molecule has 0 aromatic carbocycles. The van der Waals surface area contributed by atoms with Crippen molar-refractivity contribution >= 4 is 11.9 Å². The molecule has 0 spiro atoms. The van der Waals surface area contributed by atoms with Crippen LogP contribution in [0.2, 0.25) is 0 Å². The van der Waals surface area contributed by atoms with E-state index in [1.165, 1.54) is 19.3 Å². The fourth-order valence-electron chi connectivity index (χ4n) is 1.58. The van der Waals surface area contributed by atoms with E-state index in [0.717, 1.165) is 6.42 Å². The van der Waals surface area contributed by atoms with Gasteiger partial charge in [0.05, 0.1) is 0 Å².